The van der Waals surface area contributed by atoms with Crippen molar-refractivity contribution in [2.45, 2.75) is 24.8 Å². The number of hydrogen-bond acceptors (Lipinski definition) is 2. The summed E-state index contributed by atoms with van der Waals surface area (Å²) in [6.07, 6.45) is 1.66. The molecule has 1 fully saturated rings. The van der Waals surface area contributed by atoms with E-state index in [9.17, 15) is 9.18 Å². The Morgan fingerprint density at radius 2 is 2.38 bits per heavy atom. The summed E-state index contributed by atoms with van der Waals surface area (Å²) in [6, 6.07) is 6.19. The summed E-state index contributed by atoms with van der Waals surface area (Å²) in [5, 5.41) is 12.1. The van der Waals surface area contributed by atoms with Gasteiger partial charge in [-0.1, -0.05) is 12.1 Å². The number of carboxylic acids is 1. The molecule has 1 saturated heterocycles. The molecule has 0 aliphatic carbocycles. The highest BCUT2D eigenvalue weighted by Crippen LogP contribution is 2.34. The number of hydrogen-bond donors (Lipinski definition) is 2. The Hall–Kier alpha value is -1.42. The highest BCUT2D eigenvalue weighted by Gasteiger charge is 2.37. The minimum Gasteiger partial charge on any atom is -0.481 e. The minimum absolute atomic E-state index is 0.00352. The van der Waals surface area contributed by atoms with Crippen LogP contribution in [0.1, 0.15) is 24.8 Å². The van der Waals surface area contributed by atoms with Gasteiger partial charge < -0.3 is 10.4 Å². The van der Waals surface area contributed by atoms with Crippen molar-refractivity contribution in [3.63, 3.8) is 0 Å². The lowest BCUT2D eigenvalue weighted by atomic mass is 9.85. The van der Waals surface area contributed by atoms with Crippen molar-refractivity contribution in [1.82, 2.24) is 5.32 Å². The second-order valence-electron chi connectivity index (χ2n) is 4.19. The summed E-state index contributed by atoms with van der Waals surface area (Å²) >= 11 is 0. The van der Waals surface area contributed by atoms with Crippen LogP contribution >= 0.6 is 0 Å². The van der Waals surface area contributed by atoms with E-state index in [0.29, 0.717) is 0 Å². The van der Waals surface area contributed by atoms with Crippen molar-refractivity contribution >= 4 is 5.97 Å². The molecule has 0 radical (unpaired) electrons. The highest BCUT2D eigenvalue weighted by molar-refractivity contribution is 5.69. The Kier molecular flexibility index (Phi) is 2.92. The van der Waals surface area contributed by atoms with Gasteiger partial charge in [-0.2, -0.15) is 0 Å². The molecule has 1 heterocycles. The highest BCUT2D eigenvalue weighted by atomic mass is 19.1. The third-order valence-corrected chi connectivity index (χ3v) is 3.07. The fraction of sp³-hybridized carbons (Fsp3) is 0.417. The lowest BCUT2D eigenvalue weighted by Gasteiger charge is -2.28. The molecule has 0 bridgehead atoms. The van der Waals surface area contributed by atoms with Gasteiger partial charge in [0, 0.05) is 0 Å². The van der Waals surface area contributed by atoms with Crippen LogP contribution in [0.2, 0.25) is 0 Å². The lowest BCUT2D eigenvalue weighted by Crippen LogP contribution is -2.39. The topological polar surface area (TPSA) is 49.3 Å². The Labute approximate surface area is 93.3 Å². The number of rotatable bonds is 3. The van der Waals surface area contributed by atoms with Crippen LogP contribution in [0.3, 0.4) is 0 Å². The lowest BCUT2D eigenvalue weighted by molar-refractivity contribution is -0.138. The Balaban J connectivity index is 2.35. The summed E-state index contributed by atoms with van der Waals surface area (Å²) in [7, 11) is 0. The molecule has 2 N–H and O–H groups in total. The van der Waals surface area contributed by atoms with E-state index >= 15 is 0 Å². The van der Waals surface area contributed by atoms with Gasteiger partial charge in [0.15, 0.2) is 0 Å². The predicted molar refractivity (Wildman–Crippen MR) is 57.6 cm³/mol. The van der Waals surface area contributed by atoms with Gasteiger partial charge in [0.2, 0.25) is 0 Å². The van der Waals surface area contributed by atoms with Crippen molar-refractivity contribution in [2.75, 3.05) is 6.54 Å². The summed E-state index contributed by atoms with van der Waals surface area (Å²) in [4.78, 5) is 10.9. The molecule has 0 aromatic heterocycles. The molecule has 1 aromatic carbocycles. The zero-order valence-corrected chi connectivity index (χ0v) is 8.87. The van der Waals surface area contributed by atoms with Gasteiger partial charge in [-0.3, -0.25) is 4.79 Å². The van der Waals surface area contributed by atoms with E-state index in [4.69, 9.17) is 5.11 Å². The summed E-state index contributed by atoms with van der Waals surface area (Å²) < 4.78 is 13.2. The number of nitrogens with one attached hydrogen (secondary N) is 1. The first-order valence-electron chi connectivity index (χ1n) is 5.35. The van der Waals surface area contributed by atoms with E-state index in [-0.39, 0.29) is 12.2 Å². The maximum atomic E-state index is 13.2. The first kappa shape index (κ1) is 11.1. The van der Waals surface area contributed by atoms with Gasteiger partial charge in [0.25, 0.3) is 0 Å². The second kappa shape index (κ2) is 4.22. The Morgan fingerprint density at radius 1 is 1.56 bits per heavy atom. The fourth-order valence-electron chi connectivity index (χ4n) is 2.35. The van der Waals surface area contributed by atoms with Crippen LogP contribution < -0.4 is 5.32 Å². The number of halogens is 1. The van der Waals surface area contributed by atoms with Crippen molar-refractivity contribution in [1.29, 1.82) is 0 Å². The van der Waals surface area contributed by atoms with Gasteiger partial charge >= 0.3 is 5.97 Å². The van der Waals surface area contributed by atoms with Gasteiger partial charge in [0.05, 0.1) is 12.0 Å². The number of carboxylic acid groups (broad SMARTS) is 1. The van der Waals surface area contributed by atoms with E-state index in [1.807, 2.05) is 0 Å². The molecule has 1 aromatic rings. The minimum atomic E-state index is -0.862. The molecule has 1 aliphatic rings. The molecule has 0 spiro atoms. The first-order valence-corrected chi connectivity index (χ1v) is 5.35. The smallest absolute Gasteiger partial charge is 0.305 e. The molecule has 1 unspecified atom stereocenters. The average molecular weight is 223 g/mol. The molecule has 3 nitrogen and oxygen atoms in total. The molecule has 4 heteroatoms. The third kappa shape index (κ3) is 2.07. The molecule has 2 rings (SSSR count). The van der Waals surface area contributed by atoms with Gasteiger partial charge in [-0.25, -0.2) is 4.39 Å². The zero-order chi connectivity index (χ0) is 11.6. The third-order valence-electron chi connectivity index (χ3n) is 3.07. The van der Waals surface area contributed by atoms with E-state index < -0.39 is 11.5 Å². The van der Waals surface area contributed by atoms with Crippen LogP contribution in [0.25, 0.3) is 0 Å². The van der Waals surface area contributed by atoms with Crippen molar-refractivity contribution in [3.05, 3.63) is 35.6 Å². The van der Waals surface area contributed by atoms with Crippen molar-refractivity contribution in [3.8, 4) is 0 Å². The van der Waals surface area contributed by atoms with Crippen LogP contribution in [-0.2, 0) is 10.3 Å². The molecular weight excluding hydrogens is 209 g/mol. The fourth-order valence-corrected chi connectivity index (χ4v) is 2.35. The molecule has 16 heavy (non-hydrogen) atoms. The normalized spacial score (nSPS) is 24.6. The molecule has 86 valence electrons. The SMILES string of the molecule is O=C(O)CC1(c2cccc(F)c2)CCCN1. The monoisotopic (exact) mass is 223 g/mol. The van der Waals surface area contributed by atoms with Gasteiger partial charge in [-0.05, 0) is 37.1 Å². The zero-order valence-electron chi connectivity index (χ0n) is 8.87. The molecule has 0 amide bonds. The number of benzene rings is 1. The van der Waals surface area contributed by atoms with Crippen LogP contribution in [0.5, 0.6) is 0 Å². The quantitative estimate of drug-likeness (QED) is 0.822. The molecule has 1 aliphatic heterocycles. The maximum absolute atomic E-state index is 13.2. The predicted octanol–water partition coefficient (Wildman–Crippen LogP) is 1.88. The Bertz CT molecular complexity index is 400. The van der Waals surface area contributed by atoms with Crippen LogP contribution in [0.15, 0.2) is 24.3 Å². The largest absolute Gasteiger partial charge is 0.481 e. The number of carbonyl (C=O) groups is 1. The van der Waals surface area contributed by atoms with E-state index in [1.54, 1.807) is 12.1 Å². The Morgan fingerprint density at radius 3 is 2.94 bits per heavy atom. The van der Waals surface area contributed by atoms with Crippen molar-refractivity contribution < 1.29 is 14.3 Å². The van der Waals surface area contributed by atoms with Gasteiger partial charge in [-0.15, -0.1) is 0 Å². The first-order chi connectivity index (χ1) is 7.62. The standard InChI is InChI=1S/C12H14FNO2/c13-10-4-1-3-9(7-10)12(8-11(15)16)5-2-6-14-12/h1,3-4,7,14H,2,5-6,8H2,(H,15,16). The van der Waals surface area contributed by atoms with Crippen molar-refractivity contribution in [2.24, 2.45) is 0 Å². The van der Waals surface area contributed by atoms with Crippen LogP contribution in [-0.4, -0.2) is 17.6 Å². The molecular formula is C12H14FNO2. The summed E-state index contributed by atoms with van der Waals surface area (Å²) in [5.41, 5.74) is 0.140. The summed E-state index contributed by atoms with van der Waals surface area (Å²) in [5.74, 6) is -1.19. The second-order valence-corrected chi connectivity index (χ2v) is 4.19. The van der Waals surface area contributed by atoms with E-state index in [2.05, 4.69) is 5.32 Å². The van der Waals surface area contributed by atoms with Crippen LogP contribution in [0.4, 0.5) is 4.39 Å². The number of aliphatic carboxylic acids is 1. The van der Waals surface area contributed by atoms with Crippen LogP contribution in [0, 0.1) is 5.82 Å². The molecule has 1 atom stereocenters. The van der Waals surface area contributed by atoms with Gasteiger partial charge in [0.1, 0.15) is 5.82 Å². The summed E-state index contributed by atoms with van der Waals surface area (Å²) in [6.45, 7) is 0.782. The maximum Gasteiger partial charge on any atom is 0.305 e. The van der Waals surface area contributed by atoms with E-state index in [1.165, 1.54) is 12.1 Å². The molecule has 0 saturated carbocycles. The van der Waals surface area contributed by atoms with E-state index in [0.717, 1.165) is 24.9 Å². The average Bonchev–Trinajstić information content (AvgIpc) is 2.66.